The monoisotopic (exact) mass is 292 g/mol. The number of piperidine rings is 1. The number of nitrogens with one attached hydrogen (secondary N) is 1. The van der Waals surface area contributed by atoms with Gasteiger partial charge in [-0.1, -0.05) is 18.2 Å². The molecule has 1 amide bonds. The Morgan fingerprint density at radius 1 is 1.48 bits per heavy atom. The van der Waals surface area contributed by atoms with Crippen LogP contribution in [0.5, 0.6) is 5.75 Å². The number of β-amino-alcohol motifs (C(OH)–C–C–N with tert-alkyl or cyclic N) is 1. The average Bonchev–Trinajstić information content (AvgIpc) is 2.46. The van der Waals surface area contributed by atoms with Crippen LogP contribution >= 0.6 is 0 Å². The zero-order chi connectivity index (χ0) is 15.1. The molecule has 2 unspecified atom stereocenters. The molecule has 1 saturated heterocycles. The topological polar surface area (TPSA) is 61.8 Å². The SMILES string of the molecule is CC(=O)NC1CCCN(CC(O)COc2ccccc2)C1. The zero-order valence-corrected chi connectivity index (χ0v) is 12.5. The third kappa shape index (κ3) is 5.73. The number of carbonyl (C=O) groups is 1. The Balaban J connectivity index is 1.71. The Morgan fingerprint density at radius 3 is 2.95 bits per heavy atom. The molecule has 2 atom stereocenters. The summed E-state index contributed by atoms with van der Waals surface area (Å²) in [5.41, 5.74) is 0. The Labute approximate surface area is 125 Å². The minimum absolute atomic E-state index is 0.00908. The van der Waals surface area contributed by atoms with E-state index in [9.17, 15) is 9.90 Å². The van der Waals surface area contributed by atoms with Gasteiger partial charge in [0.2, 0.25) is 5.91 Å². The fourth-order valence-corrected chi connectivity index (χ4v) is 2.69. The van der Waals surface area contributed by atoms with Gasteiger partial charge in [-0.2, -0.15) is 0 Å². The molecule has 2 rings (SSSR count). The second kappa shape index (κ2) is 8.00. The molecule has 1 aliphatic heterocycles. The van der Waals surface area contributed by atoms with E-state index in [1.54, 1.807) is 6.92 Å². The molecule has 0 aromatic heterocycles. The molecular weight excluding hydrogens is 268 g/mol. The van der Waals surface area contributed by atoms with Gasteiger partial charge >= 0.3 is 0 Å². The largest absolute Gasteiger partial charge is 0.491 e. The highest BCUT2D eigenvalue weighted by atomic mass is 16.5. The van der Waals surface area contributed by atoms with E-state index < -0.39 is 6.10 Å². The average molecular weight is 292 g/mol. The van der Waals surface area contributed by atoms with E-state index in [4.69, 9.17) is 4.74 Å². The van der Waals surface area contributed by atoms with Crippen LogP contribution in [-0.4, -0.2) is 54.3 Å². The summed E-state index contributed by atoms with van der Waals surface area (Å²) in [7, 11) is 0. The summed E-state index contributed by atoms with van der Waals surface area (Å²) in [4.78, 5) is 13.3. The number of aliphatic hydroxyl groups is 1. The standard InChI is InChI=1S/C16H24N2O3/c1-13(19)17-14-6-5-9-18(10-14)11-15(20)12-21-16-7-3-2-4-8-16/h2-4,7-8,14-15,20H,5-6,9-12H2,1H3,(H,17,19). The molecule has 1 fully saturated rings. The van der Waals surface area contributed by atoms with Crippen molar-refractivity contribution in [2.45, 2.75) is 31.9 Å². The first-order valence-electron chi connectivity index (χ1n) is 7.49. The summed E-state index contributed by atoms with van der Waals surface area (Å²) >= 11 is 0. The fourth-order valence-electron chi connectivity index (χ4n) is 2.69. The third-order valence-electron chi connectivity index (χ3n) is 3.57. The molecular formula is C16H24N2O3. The first-order chi connectivity index (χ1) is 10.1. The molecule has 1 aromatic carbocycles. The predicted molar refractivity (Wildman–Crippen MR) is 81.2 cm³/mol. The molecule has 116 valence electrons. The first-order valence-corrected chi connectivity index (χ1v) is 7.49. The fraction of sp³-hybridized carbons (Fsp3) is 0.562. The lowest BCUT2D eigenvalue weighted by Crippen LogP contribution is -2.49. The number of amides is 1. The number of hydrogen-bond acceptors (Lipinski definition) is 4. The van der Waals surface area contributed by atoms with Gasteiger partial charge < -0.3 is 15.2 Å². The van der Waals surface area contributed by atoms with Crippen molar-refractivity contribution in [2.75, 3.05) is 26.2 Å². The number of hydrogen-bond donors (Lipinski definition) is 2. The number of benzene rings is 1. The molecule has 5 nitrogen and oxygen atoms in total. The Bertz CT molecular complexity index is 438. The van der Waals surface area contributed by atoms with Crippen LogP contribution in [0.25, 0.3) is 0 Å². The van der Waals surface area contributed by atoms with Gasteiger partial charge in [-0.3, -0.25) is 9.69 Å². The van der Waals surface area contributed by atoms with Gasteiger partial charge in [0.25, 0.3) is 0 Å². The molecule has 21 heavy (non-hydrogen) atoms. The summed E-state index contributed by atoms with van der Waals surface area (Å²) in [6.45, 7) is 4.15. The van der Waals surface area contributed by atoms with Gasteiger partial charge in [-0.25, -0.2) is 0 Å². The number of nitrogens with zero attached hydrogens (tertiary/aromatic N) is 1. The van der Waals surface area contributed by atoms with Gasteiger partial charge in [-0.15, -0.1) is 0 Å². The van der Waals surface area contributed by atoms with Crippen LogP contribution in [0, 0.1) is 0 Å². The molecule has 0 aliphatic carbocycles. The van der Waals surface area contributed by atoms with Crippen molar-refractivity contribution < 1.29 is 14.6 Å². The van der Waals surface area contributed by atoms with Crippen molar-refractivity contribution >= 4 is 5.91 Å². The van der Waals surface area contributed by atoms with Gasteiger partial charge in [0.1, 0.15) is 18.5 Å². The predicted octanol–water partition coefficient (Wildman–Crippen LogP) is 1.03. The summed E-state index contributed by atoms with van der Waals surface area (Å²) < 4.78 is 5.55. The van der Waals surface area contributed by atoms with Gasteiger partial charge in [-0.05, 0) is 31.5 Å². The normalized spacial score (nSPS) is 20.8. The molecule has 0 saturated carbocycles. The number of rotatable bonds is 6. The number of para-hydroxylation sites is 1. The van der Waals surface area contributed by atoms with Crippen molar-refractivity contribution in [3.8, 4) is 5.75 Å². The van der Waals surface area contributed by atoms with E-state index in [0.717, 1.165) is 31.7 Å². The number of ether oxygens (including phenoxy) is 1. The molecule has 1 heterocycles. The van der Waals surface area contributed by atoms with E-state index in [0.29, 0.717) is 6.54 Å². The highest BCUT2D eigenvalue weighted by Gasteiger charge is 2.22. The van der Waals surface area contributed by atoms with Crippen molar-refractivity contribution in [1.82, 2.24) is 10.2 Å². The van der Waals surface area contributed by atoms with Crippen LogP contribution in [0.1, 0.15) is 19.8 Å². The van der Waals surface area contributed by atoms with E-state index >= 15 is 0 Å². The second-order valence-corrected chi connectivity index (χ2v) is 5.58. The Kier molecular flexibility index (Phi) is 6.02. The highest BCUT2D eigenvalue weighted by molar-refractivity contribution is 5.73. The summed E-state index contributed by atoms with van der Waals surface area (Å²) in [5, 5.41) is 13.0. The minimum atomic E-state index is -0.527. The van der Waals surface area contributed by atoms with Crippen molar-refractivity contribution in [1.29, 1.82) is 0 Å². The molecule has 5 heteroatoms. The van der Waals surface area contributed by atoms with E-state index in [1.807, 2.05) is 30.3 Å². The van der Waals surface area contributed by atoms with Crippen LogP contribution in [0.3, 0.4) is 0 Å². The quantitative estimate of drug-likeness (QED) is 0.822. The Morgan fingerprint density at radius 2 is 2.24 bits per heavy atom. The maximum atomic E-state index is 11.1. The molecule has 1 aliphatic rings. The van der Waals surface area contributed by atoms with E-state index in [2.05, 4.69) is 10.2 Å². The lowest BCUT2D eigenvalue weighted by Gasteiger charge is -2.34. The van der Waals surface area contributed by atoms with Gasteiger partial charge in [0.05, 0.1) is 0 Å². The van der Waals surface area contributed by atoms with E-state index in [1.165, 1.54) is 0 Å². The molecule has 0 radical (unpaired) electrons. The lowest BCUT2D eigenvalue weighted by molar-refractivity contribution is -0.120. The highest BCUT2D eigenvalue weighted by Crippen LogP contribution is 2.12. The number of likely N-dealkylation sites (tertiary alicyclic amines) is 1. The van der Waals surface area contributed by atoms with Crippen LogP contribution in [0.4, 0.5) is 0 Å². The van der Waals surface area contributed by atoms with Crippen molar-refractivity contribution in [2.24, 2.45) is 0 Å². The summed E-state index contributed by atoms with van der Waals surface area (Å²) in [6.07, 6.45) is 1.52. The smallest absolute Gasteiger partial charge is 0.217 e. The minimum Gasteiger partial charge on any atom is -0.491 e. The zero-order valence-electron chi connectivity index (χ0n) is 12.5. The maximum Gasteiger partial charge on any atom is 0.217 e. The molecule has 0 bridgehead atoms. The van der Waals surface area contributed by atoms with Gasteiger partial charge in [0, 0.05) is 26.1 Å². The van der Waals surface area contributed by atoms with Crippen LogP contribution < -0.4 is 10.1 Å². The third-order valence-corrected chi connectivity index (χ3v) is 3.57. The van der Waals surface area contributed by atoms with Crippen LogP contribution in [0.15, 0.2) is 30.3 Å². The summed E-state index contributed by atoms with van der Waals surface area (Å²) in [5.74, 6) is 0.779. The van der Waals surface area contributed by atoms with Crippen molar-refractivity contribution in [3.05, 3.63) is 30.3 Å². The summed E-state index contributed by atoms with van der Waals surface area (Å²) in [6, 6.07) is 9.69. The van der Waals surface area contributed by atoms with Crippen LogP contribution in [-0.2, 0) is 4.79 Å². The lowest BCUT2D eigenvalue weighted by atomic mass is 10.1. The molecule has 1 aromatic rings. The second-order valence-electron chi connectivity index (χ2n) is 5.58. The van der Waals surface area contributed by atoms with E-state index in [-0.39, 0.29) is 18.6 Å². The van der Waals surface area contributed by atoms with Crippen LogP contribution in [0.2, 0.25) is 0 Å². The molecule has 0 spiro atoms. The molecule has 2 N–H and O–H groups in total. The number of carbonyl (C=O) groups excluding carboxylic acids is 1. The first kappa shape index (κ1) is 15.8. The maximum absolute atomic E-state index is 11.1. The number of aliphatic hydroxyl groups excluding tert-OH is 1. The van der Waals surface area contributed by atoms with Crippen molar-refractivity contribution in [3.63, 3.8) is 0 Å². The van der Waals surface area contributed by atoms with Gasteiger partial charge in [0.15, 0.2) is 0 Å². The Hall–Kier alpha value is -1.59.